The predicted octanol–water partition coefficient (Wildman–Crippen LogP) is 2.46. The van der Waals surface area contributed by atoms with E-state index >= 15 is 0 Å². The molecule has 0 radical (unpaired) electrons. The molecule has 3 fully saturated rings. The number of ether oxygens (including phenoxy) is 1. The minimum absolute atomic E-state index is 0.359. The van der Waals surface area contributed by atoms with Gasteiger partial charge in [-0.1, -0.05) is 19.0 Å². The Bertz CT molecular complexity index is 547. The predicted molar refractivity (Wildman–Crippen MR) is 92.7 cm³/mol. The number of nitrogens with zero attached hydrogens (tertiary/aromatic N) is 2. The summed E-state index contributed by atoms with van der Waals surface area (Å²) >= 11 is 0. The summed E-state index contributed by atoms with van der Waals surface area (Å²) in [4.78, 5) is 2.37. The highest BCUT2D eigenvalue weighted by atomic mass is 16.5. The van der Waals surface area contributed by atoms with Gasteiger partial charge in [-0.2, -0.15) is 0 Å². The van der Waals surface area contributed by atoms with E-state index in [0.717, 1.165) is 56.6 Å². The lowest BCUT2D eigenvalue weighted by molar-refractivity contribution is 0.0131. The first kappa shape index (κ1) is 16.6. The summed E-state index contributed by atoms with van der Waals surface area (Å²) in [6, 6.07) is 2.83. The minimum atomic E-state index is 0.359. The molecule has 2 heterocycles. The molecular formula is C19H31N3O2. The summed E-state index contributed by atoms with van der Waals surface area (Å²) < 4.78 is 11.0. The Kier molecular flexibility index (Phi) is 4.67. The molecule has 5 nitrogen and oxygen atoms in total. The van der Waals surface area contributed by atoms with Gasteiger partial charge in [0, 0.05) is 25.2 Å². The second kappa shape index (κ2) is 6.77. The molecule has 2 atom stereocenters. The molecule has 0 aromatic carbocycles. The monoisotopic (exact) mass is 333 g/mol. The fraction of sp³-hybridized carbons (Fsp3) is 0.842. The van der Waals surface area contributed by atoms with Gasteiger partial charge in [-0.05, 0) is 49.5 Å². The van der Waals surface area contributed by atoms with Gasteiger partial charge in [0.15, 0.2) is 5.76 Å². The summed E-state index contributed by atoms with van der Waals surface area (Å²) in [6.07, 6.45) is 5.16. The second-order valence-electron chi connectivity index (χ2n) is 8.54. The van der Waals surface area contributed by atoms with E-state index in [1.54, 1.807) is 0 Å². The zero-order valence-electron chi connectivity index (χ0n) is 15.1. The van der Waals surface area contributed by atoms with Crippen molar-refractivity contribution in [1.29, 1.82) is 0 Å². The molecule has 1 aromatic heterocycles. The van der Waals surface area contributed by atoms with E-state index in [1.807, 2.05) is 0 Å². The standard InChI is InChI=1S/C19H31N3O2/c1-19(2)15(10-18(19)20-12-14-3-4-14)9-16-11-17(24-21-16)13-22-5-7-23-8-6-22/h11,14-15,18,20H,3-10,12-13H2,1-2H3/t15-,18+/m1/s1. The van der Waals surface area contributed by atoms with Crippen molar-refractivity contribution in [2.45, 2.75) is 52.1 Å². The Morgan fingerprint density at radius 2 is 2.08 bits per heavy atom. The average Bonchev–Trinajstić information content (AvgIpc) is 3.30. The van der Waals surface area contributed by atoms with Crippen molar-refractivity contribution >= 4 is 0 Å². The van der Waals surface area contributed by atoms with Crippen LogP contribution in [0.2, 0.25) is 0 Å². The molecule has 0 unspecified atom stereocenters. The highest BCUT2D eigenvalue weighted by Gasteiger charge is 2.48. The Balaban J connectivity index is 1.26. The third-order valence-corrected chi connectivity index (χ3v) is 6.37. The van der Waals surface area contributed by atoms with Crippen molar-refractivity contribution < 1.29 is 9.26 Å². The normalized spacial score (nSPS) is 30.2. The van der Waals surface area contributed by atoms with Crippen LogP contribution >= 0.6 is 0 Å². The van der Waals surface area contributed by atoms with Crippen LogP contribution in [0.1, 0.15) is 44.6 Å². The maximum absolute atomic E-state index is 5.57. The van der Waals surface area contributed by atoms with Crippen LogP contribution in [0.5, 0.6) is 0 Å². The van der Waals surface area contributed by atoms with E-state index in [4.69, 9.17) is 9.26 Å². The number of rotatable bonds is 7. The van der Waals surface area contributed by atoms with Gasteiger partial charge in [0.25, 0.3) is 0 Å². The first-order valence-electron chi connectivity index (χ1n) is 9.59. The Labute approximate surface area is 145 Å². The first-order valence-corrected chi connectivity index (χ1v) is 9.59. The molecule has 1 N–H and O–H groups in total. The van der Waals surface area contributed by atoms with Gasteiger partial charge in [-0.3, -0.25) is 4.90 Å². The van der Waals surface area contributed by atoms with Gasteiger partial charge in [0.2, 0.25) is 0 Å². The topological polar surface area (TPSA) is 50.5 Å². The van der Waals surface area contributed by atoms with Crippen LogP contribution in [-0.2, 0) is 17.7 Å². The van der Waals surface area contributed by atoms with Crippen LogP contribution in [0.3, 0.4) is 0 Å². The number of nitrogens with one attached hydrogen (secondary N) is 1. The molecule has 24 heavy (non-hydrogen) atoms. The highest BCUT2D eigenvalue weighted by molar-refractivity contribution is 5.11. The SMILES string of the molecule is CC1(C)[C@H](Cc2cc(CN3CCOCC3)on2)C[C@@H]1NCC1CC1. The van der Waals surface area contributed by atoms with E-state index in [9.17, 15) is 0 Å². The van der Waals surface area contributed by atoms with Gasteiger partial charge in [-0.15, -0.1) is 0 Å². The fourth-order valence-corrected chi connectivity index (χ4v) is 4.10. The van der Waals surface area contributed by atoms with Crippen molar-refractivity contribution in [3.05, 3.63) is 17.5 Å². The zero-order chi connectivity index (χ0) is 16.6. The molecule has 1 aromatic rings. The van der Waals surface area contributed by atoms with Crippen molar-refractivity contribution in [2.75, 3.05) is 32.8 Å². The van der Waals surface area contributed by atoms with Crippen LogP contribution in [0.15, 0.2) is 10.6 Å². The van der Waals surface area contributed by atoms with E-state index in [0.29, 0.717) is 17.4 Å². The van der Waals surface area contributed by atoms with Crippen LogP contribution in [0, 0.1) is 17.3 Å². The van der Waals surface area contributed by atoms with Gasteiger partial charge in [0.1, 0.15) is 0 Å². The van der Waals surface area contributed by atoms with Crippen LogP contribution < -0.4 is 5.32 Å². The van der Waals surface area contributed by atoms with Gasteiger partial charge in [-0.25, -0.2) is 0 Å². The smallest absolute Gasteiger partial charge is 0.150 e. The molecule has 2 saturated carbocycles. The summed E-state index contributed by atoms with van der Waals surface area (Å²) in [7, 11) is 0. The number of hydrogen-bond acceptors (Lipinski definition) is 5. The summed E-state index contributed by atoms with van der Waals surface area (Å²) in [5.41, 5.74) is 1.48. The summed E-state index contributed by atoms with van der Waals surface area (Å²) in [5, 5.41) is 8.11. The van der Waals surface area contributed by atoms with Crippen LogP contribution in [-0.4, -0.2) is 48.9 Å². The third-order valence-electron chi connectivity index (χ3n) is 6.37. The largest absolute Gasteiger partial charge is 0.379 e. The molecule has 1 aliphatic heterocycles. The fourth-order valence-electron chi connectivity index (χ4n) is 4.10. The average molecular weight is 333 g/mol. The molecule has 5 heteroatoms. The van der Waals surface area contributed by atoms with Gasteiger partial charge < -0.3 is 14.6 Å². The number of aromatic nitrogens is 1. The van der Waals surface area contributed by atoms with Crippen LogP contribution in [0.25, 0.3) is 0 Å². The molecule has 4 rings (SSSR count). The zero-order valence-corrected chi connectivity index (χ0v) is 15.1. The van der Waals surface area contributed by atoms with E-state index in [2.05, 4.69) is 35.3 Å². The Morgan fingerprint density at radius 3 is 2.79 bits per heavy atom. The Hall–Kier alpha value is -0.910. The van der Waals surface area contributed by atoms with Crippen molar-refractivity contribution in [2.24, 2.45) is 17.3 Å². The number of morpholine rings is 1. The molecule has 2 aliphatic carbocycles. The van der Waals surface area contributed by atoms with Gasteiger partial charge >= 0.3 is 0 Å². The molecule has 0 spiro atoms. The third kappa shape index (κ3) is 3.68. The quantitative estimate of drug-likeness (QED) is 0.831. The second-order valence-corrected chi connectivity index (χ2v) is 8.54. The molecule has 0 amide bonds. The molecular weight excluding hydrogens is 302 g/mol. The first-order chi connectivity index (χ1) is 11.6. The summed E-state index contributed by atoms with van der Waals surface area (Å²) in [5.74, 6) is 2.65. The lowest BCUT2D eigenvalue weighted by Gasteiger charge is -2.52. The minimum Gasteiger partial charge on any atom is -0.379 e. The van der Waals surface area contributed by atoms with Gasteiger partial charge in [0.05, 0.1) is 25.5 Å². The van der Waals surface area contributed by atoms with Crippen molar-refractivity contribution in [3.63, 3.8) is 0 Å². The highest BCUT2D eigenvalue weighted by Crippen LogP contribution is 2.48. The van der Waals surface area contributed by atoms with Crippen molar-refractivity contribution in [3.8, 4) is 0 Å². The lowest BCUT2D eigenvalue weighted by atomic mass is 9.57. The van der Waals surface area contributed by atoms with E-state index in [-0.39, 0.29) is 0 Å². The number of hydrogen-bond donors (Lipinski definition) is 1. The molecule has 3 aliphatic rings. The van der Waals surface area contributed by atoms with Crippen LogP contribution in [0.4, 0.5) is 0 Å². The van der Waals surface area contributed by atoms with E-state index in [1.165, 1.54) is 25.8 Å². The lowest BCUT2D eigenvalue weighted by Crippen LogP contribution is -2.57. The summed E-state index contributed by atoms with van der Waals surface area (Å²) in [6.45, 7) is 10.5. The molecule has 1 saturated heterocycles. The molecule has 0 bridgehead atoms. The maximum Gasteiger partial charge on any atom is 0.150 e. The van der Waals surface area contributed by atoms with E-state index < -0.39 is 0 Å². The maximum atomic E-state index is 5.57. The molecule has 134 valence electrons. The van der Waals surface area contributed by atoms with Crippen molar-refractivity contribution in [1.82, 2.24) is 15.4 Å². The Morgan fingerprint density at radius 1 is 1.29 bits per heavy atom.